The zero-order valence-electron chi connectivity index (χ0n) is 9.93. The maximum Gasteiger partial charge on any atom is 0.140 e. The maximum absolute atomic E-state index is 8.94. The molecule has 4 heteroatoms. The number of benzene rings is 1. The summed E-state index contributed by atoms with van der Waals surface area (Å²) in [4.78, 5) is 5.05. The van der Waals surface area contributed by atoms with Crippen LogP contribution in [0.15, 0.2) is 24.4 Å². The predicted octanol–water partition coefficient (Wildman–Crippen LogP) is 2.83. The van der Waals surface area contributed by atoms with Crippen LogP contribution in [0.1, 0.15) is 21.0 Å². The molecule has 90 valence electrons. The molecule has 17 heavy (non-hydrogen) atoms. The molecule has 0 aliphatic heterocycles. The normalized spacial score (nSPS) is 10.5. The van der Waals surface area contributed by atoms with Gasteiger partial charge in [-0.3, -0.25) is 0 Å². The molecule has 0 aliphatic carbocycles. The molecule has 1 N–H and O–H groups in total. The van der Waals surface area contributed by atoms with Crippen molar-refractivity contribution < 1.29 is 9.84 Å². The second kappa shape index (κ2) is 5.29. The minimum absolute atomic E-state index is 0.0429. The molecule has 2 aromatic rings. The summed E-state index contributed by atoms with van der Waals surface area (Å²) >= 11 is 1.47. The average molecular weight is 249 g/mol. The third-order valence-corrected chi connectivity index (χ3v) is 3.27. The number of aromatic nitrogens is 1. The number of hydrogen-bond acceptors (Lipinski definition) is 4. The number of rotatable bonds is 4. The van der Waals surface area contributed by atoms with Gasteiger partial charge in [0.05, 0.1) is 11.5 Å². The van der Waals surface area contributed by atoms with E-state index in [1.165, 1.54) is 22.5 Å². The molecule has 0 unspecified atom stereocenters. The van der Waals surface area contributed by atoms with E-state index in [1.54, 1.807) is 6.20 Å². The molecule has 1 heterocycles. The van der Waals surface area contributed by atoms with Crippen LogP contribution in [0.25, 0.3) is 0 Å². The standard InChI is InChI=1S/C13H15NO2S/c1-9-3-10(2)5-11(4-9)16-8-13-14-6-12(7-15)17-13/h3-6,15H,7-8H2,1-2H3. The lowest BCUT2D eigenvalue weighted by Crippen LogP contribution is -1.95. The summed E-state index contributed by atoms with van der Waals surface area (Å²) in [6.07, 6.45) is 1.69. The Balaban J connectivity index is 2.01. The van der Waals surface area contributed by atoms with Gasteiger partial charge < -0.3 is 9.84 Å². The van der Waals surface area contributed by atoms with E-state index in [0.29, 0.717) is 6.61 Å². The smallest absolute Gasteiger partial charge is 0.140 e. The SMILES string of the molecule is Cc1cc(C)cc(OCc2ncc(CO)s2)c1. The number of aliphatic hydroxyl groups excluding tert-OH is 1. The molecule has 2 rings (SSSR count). The van der Waals surface area contributed by atoms with Crippen LogP contribution >= 0.6 is 11.3 Å². The van der Waals surface area contributed by atoms with Gasteiger partial charge in [0.1, 0.15) is 17.4 Å². The van der Waals surface area contributed by atoms with Gasteiger partial charge in [-0.05, 0) is 37.1 Å². The fraction of sp³-hybridized carbons (Fsp3) is 0.308. The Hall–Kier alpha value is -1.39. The van der Waals surface area contributed by atoms with Gasteiger partial charge in [-0.15, -0.1) is 11.3 Å². The van der Waals surface area contributed by atoms with E-state index in [4.69, 9.17) is 9.84 Å². The number of aryl methyl sites for hydroxylation is 2. The molecule has 1 aromatic heterocycles. The van der Waals surface area contributed by atoms with E-state index in [-0.39, 0.29) is 6.61 Å². The first kappa shape index (κ1) is 12.1. The second-order valence-electron chi connectivity index (χ2n) is 3.99. The molecule has 0 atom stereocenters. The van der Waals surface area contributed by atoms with Crippen molar-refractivity contribution in [2.24, 2.45) is 0 Å². The molecule has 0 spiro atoms. The predicted molar refractivity (Wildman–Crippen MR) is 68.3 cm³/mol. The third-order valence-electron chi connectivity index (χ3n) is 2.31. The number of ether oxygens (including phenoxy) is 1. The van der Waals surface area contributed by atoms with Gasteiger partial charge in [0.2, 0.25) is 0 Å². The second-order valence-corrected chi connectivity index (χ2v) is 5.19. The molecule has 0 bridgehead atoms. The van der Waals surface area contributed by atoms with Crippen LogP contribution in [0, 0.1) is 13.8 Å². The maximum atomic E-state index is 8.94. The van der Waals surface area contributed by atoms with Crippen molar-refractivity contribution in [3.8, 4) is 5.75 Å². The molecule has 1 aromatic carbocycles. The van der Waals surface area contributed by atoms with E-state index >= 15 is 0 Å². The van der Waals surface area contributed by atoms with E-state index in [9.17, 15) is 0 Å². The first-order valence-corrected chi connectivity index (χ1v) is 6.24. The lowest BCUT2D eigenvalue weighted by Gasteiger charge is -2.06. The summed E-state index contributed by atoms with van der Waals surface area (Å²) in [5.74, 6) is 0.864. The Morgan fingerprint density at radius 1 is 1.24 bits per heavy atom. The quantitative estimate of drug-likeness (QED) is 0.906. The number of aliphatic hydroxyl groups is 1. The summed E-state index contributed by atoms with van der Waals surface area (Å²) in [5.41, 5.74) is 2.38. The van der Waals surface area contributed by atoms with Crippen molar-refractivity contribution in [2.45, 2.75) is 27.1 Å². The van der Waals surface area contributed by atoms with Gasteiger partial charge in [0.25, 0.3) is 0 Å². The van der Waals surface area contributed by atoms with Gasteiger partial charge in [0, 0.05) is 6.20 Å². The van der Waals surface area contributed by atoms with Crippen molar-refractivity contribution in [1.29, 1.82) is 0 Å². The van der Waals surface area contributed by atoms with Crippen LogP contribution in [-0.2, 0) is 13.2 Å². The molecule has 0 saturated heterocycles. The largest absolute Gasteiger partial charge is 0.486 e. The van der Waals surface area contributed by atoms with Crippen molar-refractivity contribution >= 4 is 11.3 Å². The fourth-order valence-electron chi connectivity index (χ4n) is 1.65. The summed E-state index contributed by atoms with van der Waals surface area (Å²) < 4.78 is 5.68. The molecular formula is C13H15NO2S. The number of thiazole rings is 1. The zero-order valence-corrected chi connectivity index (χ0v) is 10.8. The first-order valence-electron chi connectivity index (χ1n) is 5.43. The van der Waals surface area contributed by atoms with Gasteiger partial charge in [-0.1, -0.05) is 6.07 Å². The molecule has 0 aliphatic rings. The minimum atomic E-state index is 0.0429. The molecule has 0 amide bonds. The zero-order chi connectivity index (χ0) is 12.3. The highest BCUT2D eigenvalue weighted by Crippen LogP contribution is 2.19. The van der Waals surface area contributed by atoms with Gasteiger partial charge in [-0.25, -0.2) is 4.98 Å². The van der Waals surface area contributed by atoms with Gasteiger partial charge >= 0.3 is 0 Å². The van der Waals surface area contributed by atoms with E-state index in [1.807, 2.05) is 26.0 Å². The number of nitrogens with zero attached hydrogens (tertiary/aromatic N) is 1. The fourth-order valence-corrected chi connectivity index (χ4v) is 2.35. The van der Waals surface area contributed by atoms with Crippen LogP contribution in [0.5, 0.6) is 5.75 Å². The van der Waals surface area contributed by atoms with E-state index < -0.39 is 0 Å². The lowest BCUT2D eigenvalue weighted by molar-refractivity contribution is 0.285. The van der Waals surface area contributed by atoms with Crippen LogP contribution in [0.2, 0.25) is 0 Å². The highest BCUT2D eigenvalue weighted by molar-refractivity contribution is 7.11. The Labute approximate surface area is 105 Å². The van der Waals surface area contributed by atoms with E-state index in [0.717, 1.165) is 15.6 Å². The van der Waals surface area contributed by atoms with Crippen LogP contribution < -0.4 is 4.74 Å². The average Bonchev–Trinajstić information content (AvgIpc) is 2.73. The minimum Gasteiger partial charge on any atom is -0.486 e. The highest BCUT2D eigenvalue weighted by Gasteiger charge is 2.03. The molecule has 0 saturated carbocycles. The lowest BCUT2D eigenvalue weighted by atomic mass is 10.1. The molecule has 3 nitrogen and oxygen atoms in total. The third kappa shape index (κ3) is 3.28. The van der Waals surface area contributed by atoms with Crippen molar-refractivity contribution in [3.05, 3.63) is 45.4 Å². The Morgan fingerprint density at radius 3 is 2.53 bits per heavy atom. The molecular weight excluding hydrogens is 234 g/mol. The van der Waals surface area contributed by atoms with Crippen molar-refractivity contribution in [3.63, 3.8) is 0 Å². The van der Waals surface area contributed by atoms with Crippen LogP contribution in [-0.4, -0.2) is 10.1 Å². The Morgan fingerprint density at radius 2 is 1.94 bits per heavy atom. The monoisotopic (exact) mass is 249 g/mol. The first-order chi connectivity index (χ1) is 8.17. The van der Waals surface area contributed by atoms with Crippen molar-refractivity contribution in [2.75, 3.05) is 0 Å². The molecule has 0 fully saturated rings. The summed E-state index contributed by atoms with van der Waals surface area (Å²) in [6, 6.07) is 6.13. The molecule has 0 radical (unpaired) electrons. The number of hydrogen-bond donors (Lipinski definition) is 1. The van der Waals surface area contributed by atoms with Crippen LogP contribution in [0.4, 0.5) is 0 Å². The van der Waals surface area contributed by atoms with Gasteiger partial charge in [0.15, 0.2) is 0 Å². The topological polar surface area (TPSA) is 42.4 Å². The van der Waals surface area contributed by atoms with Gasteiger partial charge in [-0.2, -0.15) is 0 Å². The van der Waals surface area contributed by atoms with Crippen molar-refractivity contribution in [1.82, 2.24) is 4.98 Å². The summed E-state index contributed by atoms with van der Waals surface area (Å²) in [6.45, 7) is 4.59. The Kier molecular flexibility index (Phi) is 3.76. The summed E-state index contributed by atoms with van der Waals surface area (Å²) in [7, 11) is 0. The van der Waals surface area contributed by atoms with E-state index in [2.05, 4.69) is 11.1 Å². The Bertz CT molecular complexity index is 488. The summed E-state index contributed by atoms with van der Waals surface area (Å²) in [5, 5.41) is 9.82. The highest BCUT2D eigenvalue weighted by atomic mass is 32.1. The van der Waals surface area contributed by atoms with Crippen LogP contribution in [0.3, 0.4) is 0 Å².